The fraction of sp³-hybridized carbons (Fsp3) is 0.0938. The van der Waals surface area contributed by atoms with Gasteiger partial charge in [0.25, 0.3) is 5.69 Å². The maximum atomic E-state index is 11.7. The molecule has 0 unspecified atom stereocenters. The van der Waals surface area contributed by atoms with E-state index in [1.165, 1.54) is 11.5 Å². The van der Waals surface area contributed by atoms with Gasteiger partial charge in [-0.15, -0.1) is 13.2 Å². The molecule has 7 heteroatoms. The van der Waals surface area contributed by atoms with E-state index in [2.05, 4.69) is 59.4 Å². The second-order valence-corrected chi connectivity index (χ2v) is 9.43. The Balaban J connectivity index is 1.63. The normalized spacial score (nSPS) is 13.0. The Morgan fingerprint density at radius 1 is 0.846 bits per heavy atom. The van der Waals surface area contributed by atoms with Gasteiger partial charge in [0.1, 0.15) is 11.9 Å². The van der Waals surface area contributed by atoms with Crippen molar-refractivity contribution in [2.75, 3.05) is 22.9 Å². The fourth-order valence-electron chi connectivity index (χ4n) is 5.50. The first-order chi connectivity index (χ1) is 19.1. The second-order valence-electron chi connectivity index (χ2n) is 9.43. The zero-order valence-electron chi connectivity index (χ0n) is 21.4. The molecule has 5 aromatic rings. The minimum absolute atomic E-state index is 0.0253. The van der Waals surface area contributed by atoms with Crippen LogP contribution < -0.4 is 9.80 Å². The zero-order chi connectivity index (χ0) is 26.9. The minimum atomic E-state index is -0.372. The number of para-hydroxylation sites is 1. The van der Waals surface area contributed by atoms with Gasteiger partial charge in [-0.05, 0) is 29.7 Å². The van der Waals surface area contributed by atoms with Crippen LogP contribution >= 0.6 is 0 Å². The highest BCUT2D eigenvalue weighted by atomic mass is 16.6. The van der Waals surface area contributed by atoms with Crippen molar-refractivity contribution in [1.82, 2.24) is 9.78 Å². The molecule has 0 saturated carbocycles. The van der Waals surface area contributed by atoms with Gasteiger partial charge in [0, 0.05) is 59.3 Å². The number of aromatic nitrogens is 2. The molecule has 0 N–H and O–H groups in total. The standard InChI is InChI=1S/C32H27N5O2/c1-3-19-34-28-17-9-11-23-12-10-18-29(30(23)28)35(20-4-2)32(34)27-22-36(25-14-6-5-7-15-25)33-31(27)24-13-8-16-26(21-24)37(38)39/h3-18,21-22,32H,1-2,19-20H2. The van der Waals surface area contributed by atoms with Gasteiger partial charge in [0.05, 0.1) is 10.6 Å². The van der Waals surface area contributed by atoms with E-state index >= 15 is 0 Å². The summed E-state index contributed by atoms with van der Waals surface area (Å²) in [6, 6.07) is 29.3. The van der Waals surface area contributed by atoms with Gasteiger partial charge in [0.2, 0.25) is 0 Å². The third-order valence-electron chi connectivity index (χ3n) is 7.09. The first kappa shape index (κ1) is 24.2. The number of rotatable bonds is 8. The predicted octanol–water partition coefficient (Wildman–Crippen LogP) is 7.30. The molecule has 6 rings (SSSR count). The molecule has 4 aromatic carbocycles. The number of hydrogen-bond donors (Lipinski definition) is 0. The summed E-state index contributed by atoms with van der Waals surface area (Å²) in [5, 5.41) is 19.0. The van der Waals surface area contributed by atoms with Gasteiger partial charge in [0.15, 0.2) is 0 Å². The number of nitrogens with zero attached hydrogens (tertiary/aromatic N) is 5. The van der Waals surface area contributed by atoms with Crippen LogP contribution in [0, 0.1) is 10.1 Å². The third kappa shape index (κ3) is 4.14. The Morgan fingerprint density at radius 3 is 2.10 bits per heavy atom. The third-order valence-corrected chi connectivity index (χ3v) is 7.09. The summed E-state index contributed by atoms with van der Waals surface area (Å²) in [7, 11) is 0. The largest absolute Gasteiger partial charge is 0.343 e. The molecule has 7 nitrogen and oxygen atoms in total. The van der Waals surface area contributed by atoms with Gasteiger partial charge >= 0.3 is 0 Å². The average Bonchev–Trinajstić information content (AvgIpc) is 3.41. The summed E-state index contributed by atoms with van der Waals surface area (Å²) in [4.78, 5) is 15.9. The number of nitro groups is 1. The SMILES string of the molecule is C=CCN1c2cccc3cccc(c23)N(CC=C)C1c1cn(-c2ccccc2)nc1-c1cccc([N+](=O)[O-])c1. The highest BCUT2D eigenvalue weighted by molar-refractivity contribution is 6.06. The Morgan fingerprint density at radius 2 is 1.49 bits per heavy atom. The van der Waals surface area contributed by atoms with Crippen molar-refractivity contribution in [3.8, 4) is 16.9 Å². The van der Waals surface area contributed by atoms with Crippen LogP contribution in [-0.2, 0) is 0 Å². The number of anilines is 2. The van der Waals surface area contributed by atoms with E-state index in [9.17, 15) is 10.1 Å². The molecule has 0 saturated heterocycles. The van der Waals surface area contributed by atoms with Crippen LogP contribution in [-0.4, -0.2) is 27.8 Å². The summed E-state index contributed by atoms with van der Waals surface area (Å²) in [6.45, 7) is 9.31. The number of non-ortho nitro benzene ring substituents is 1. The van der Waals surface area contributed by atoms with E-state index in [0.29, 0.717) is 24.3 Å². The van der Waals surface area contributed by atoms with Crippen LogP contribution in [0.25, 0.3) is 27.7 Å². The second kappa shape index (κ2) is 9.95. The van der Waals surface area contributed by atoms with Crippen molar-refractivity contribution in [1.29, 1.82) is 0 Å². The van der Waals surface area contributed by atoms with E-state index < -0.39 is 0 Å². The minimum Gasteiger partial charge on any atom is -0.343 e. The van der Waals surface area contributed by atoms with Gasteiger partial charge in [-0.2, -0.15) is 5.10 Å². The Kier molecular flexibility index (Phi) is 6.17. The Labute approximate surface area is 226 Å². The summed E-state index contributed by atoms with van der Waals surface area (Å²) in [5.74, 6) is 0. The van der Waals surface area contributed by atoms with Crippen LogP contribution in [0.1, 0.15) is 11.7 Å². The molecular weight excluding hydrogens is 486 g/mol. The van der Waals surface area contributed by atoms with E-state index in [1.807, 2.05) is 59.4 Å². The lowest BCUT2D eigenvalue weighted by Crippen LogP contribution is -2.45. The maximum Gasteiger partial charge on any atom is 0.270 e. The molecule has 0 aliphatic carbocycles. The van der Waals surface area contributed by atoms with Crippen LogP contribution in [0.5, 0.6) is 0 Å². The van der Waals surface area contributed by atoms with E-state index in [1.54, 1.807) is 12.1 Å². The van der Waals surface area contributed by atoms with Crippen LogP contribution in [0.4, 0.5) is 17.1 Å². The van der Waals surface area contributed by atoms with Crippen molar-refractivity contribution >= 4 is 27.8 Å². The smallest absolute Gasteiger partial charge is 0.270 e. The molecule has 0 bridgehead atoms. The molecule has 1 aliphatic rings. The molecule has 192 valence electrons. The van der Waals surface area contributed by atoms with Crippen molar-refractivity contribution in [3.63, 3.8) is 0 Å². The first-order valence-corrected chi connectivity index (χ1v) is 12.8. The fourth-order valence-corrected chi connectivity index (χ4v) is 5.50. The Hall–Kier alpha value is -5.17. The van der Waals surface area contributed by atoms with E-state index in [4.69, 9.17) is 5.10 Å². The van der Waals surface area contributed by atoms with Gasteiger partial charge in [-0.25, -0.2) is 4.68 Å². The summed E-state index contributed by atoms with van der Waals surface area (Å²) in [6.07, 6.45) is 5.57. The molecule has 0 atom stereocenters. The topological polar surface area (TPSA) is 67.4 Å². The molecule has 2 heterocycles. The lowest BCUT2D eigenvalue weighted by atomic mass is 9.97. The van der Waals surface area contributed by atoms with Gasteiger partial charge in [-0.1, -0.05) is 66.7 Å². The molecule has 39 heavy (non-hydrogen) atoms. The first-order valence-electron chi connectivity index (χ1n) is 12.8. The lowest BCUT2D eigenvalue weighted by molar-refractivity contribution is -0.384. The monoisotopic (exact) mass is 513 g/mol. The van der Waals surface area contributed by atoms with E-state index in [0.717, 1.165) is 28.0 Å². The van der Waals surface area contributed by atoms with Crippen LogP contribution in [0.15, 0.2) is 123 Å². The molecule has 0 amide bonds. The highest BCUT2D eigenvalue weighted by Crippen LogP contribution is 2.48. The number of nitro benzene ring substituents is 1. The molecule has 1 aromatic heterocycles. The molecule has 0 radical (unpaired) electrons. The van der Waals surface area contributed by atoms with Crippen LogP contribution in [0.2, 0.25) is 0 Å². The summed E-state index contributed by atoms with van der Waals surface area (Å²) < 4.78 is 1.85. The summed E-state index contributed by atoms with van der Waals surface area (Å²) >= 11 is 0. The van der Waals surface area contributed by atoms with Crippen molar-refractivity contribution in [2.45, 2.75) is 6.17 Å². The quantitative estimate of drug-likeness (QED) is 0.124. The van der Waals surface area contributed by atoms with Crippen molar-refractivity contribution in [2.24, 2.45) is 0 Å². The Bertz CT molecular complexity index is 1660. The molecular formula is C32H27N5O2. The number of benzene rings is 4. The van der Waals surface area contributed by atoms with Crippen molar-refractivity contribution in [3.05, 3.63) is 138 Å². The maximum absolute atomic E-state index is 11.7. The lowest BCUT2D eigenvalue weighted by Gasteiger charge is -2.46. The zero-order valence-corrected chi connectivity index (χ0v) is 21.4. The van der Waals surface area contributed by atoms with E-state index in [-0.39, 0.29) is 16.8 Å². The van der Waals surface area contributed by atoms with Crippen molar-refractivity contribution < 1.29 is 4.92 Å². The van der Waals surface area contributed by atoms with Crippen LogP contribution in [0.3, 0.4) is 0 Å². The number of hydrogen-bond acceptors (Lipinski definition) is 5. The average molecular weight is 514 g/mol. The molecule has 0 fully saturated rings. The molecule has 1 aliphatic heterocycles. The predicted molar refractivity (Wildman–Crippen MR) is 157 cm³/mol. The van der Waals surface area contributed by atoms with Gasteiger partial charge < -0.3 is 9.80 Å². The van der Waals surface area contributed by atoms with Gasteiger partial charge in [-0.3, -0.25) is 10.1 Å². The summed E-state index contributed by atoms with van der Waals surface area (Å²) in [5.41, 5.74) is 5.42. The highest BCUT2D eigenvalue weighted by Gasteiger charge is 2.36. The molecule has 0 spiro atoms.